The van der Waals surface area contributed by atoms with E-state index in [9.17, 15) is 9.18 Å². The van der Waals surface area contributed by atoms with Crippen molar-refractivity contribution in [2.75, 3.05) is 6.61 Å². The Hall–Kier alpha value is -1.16. The van der Waals surface area contributed by atoms with Gasteiger partial charge in [0.25, 0.3) is 0 Å². The topological polar surface area (TPSA) is 39.2 Å². The first-order valence-corrected chi connectivity index (χ1v) is 5.90. The molecule has 0 fully saturated rings. The van der Waals surface area contributed by atoms with Gasteiger partial charge in [-0.2, -0.15) is 0 Å². The first-order chi connectivity index (χ1) is 8.04. The minimum Gasteiger partial charge on any atom is -0.462 e. The summed E-state index contributed by atoms with van der Waals surface area (Å²) in [6.07, 6.45) is 2.96. The van der Waals surface area contributed by atoms with Gasteiger partial charge in [-0.15, -0.1) is 0 Å². The maximum atomic E-state index is 12.9. The van der Waals surface area contributed by atoms with Crippen molar-refractivity contribution in [3.63, 3.8) is 0 Å². The summed E-state index contributed by atoms with van der Waals surface area (Å²) in [5.74, 6) is -0.961. The van der Waals surface area contributed by atoms with Crippen molar-refractivity contribution in [1.29, 1.82) is 0 Å². The predicted molar refractivity (Wildman–Crippen MR) is 63.6 cm³/mol. The maximum Gasteiger partial charge on any atom is 0.341 e. The molecular weight excluding hydrogens is 245 g/mol. The molecule has 1 aromatic rings. The van der Waals surface area contributed by atoms with Crippen LogP contribution in [-0.2, 0) is 4.74 Å². The molecule has 5 heteroatoms. The standard InChI is InChI=1S/C12H15ClFNO2/c1-3-4-8(2)7-17-12(16)10-5-9(14)6-15-11(10)13/h5-6,8H,3-4,7H2,1-2H3. The summed E-state index contributed by atoms with van der Waals surface area (Å²) in [6.45, 7) is 4.35. The Balaban J connectivity index is 2.61. The molecular formula is C12H15ClFNO2. The van der Waals surface area contributed by atoms with Crippen LogP contribution in [0.1, 0.15) is 37.0 Å². The molecule has 17 heavy (non-hydrogen) atoms. The number of esters is 1. The zero-order valence-electron chi connectivity index (χ0n) is 9.87. The Morgan fingerprint density at radius 3 is 3.00 bits per heavy atom. The molecule has 0 amide bonds. The average molecular weight is 260 g/mol. The van der Waals surface area contributed by atoms with Gasteiger partial charge in [0, 0.05) is 0 Å². The number of pyridine rings is 1. The second-order valence-electron chi connectivity index (χ2n) is 3.98. The van der Waals surface area contributed by atoms with Crippen molar-refractivity contribution in [3.05, 3.63) is 28.8 Å². The van der Waals surface area contributed by atoms with Gasteiger partial charge in [0.1, 0.15) is 11.0 Å². The Kier molecular flexibility index (Phi) is 5.35. The summed E-state index contributed by atoms with van der Waals surface area (Å²) in [5, 5.41) is -0.0421. The van der Waals surface area contributed by atoms with Gasteiger partial charge < -0.3 is 4.74 Å². The highest BCUT2D eigenvalue weighted by Gasteiger charge is 2.15. The van der Waals surface area contributed by atoms with E-state index in [1.807, 2.05) is 6.92 Å². The van der Waals surface area contributed by atoms with E-state index < -0.39 is 11.8 Å². The van der Waals surface area contributed by atoms with Gasteiger partial charge in [-0.3, -0.25) is 0 Å². The third-order valence-electron chi connectivity index (χ3n) is 2.31. The molecule has 1 heterocycles. The molecule has 0 aliphatic rings. The van der Waals surface area contributed by atoms with Crippen LogP contribution in [0.5, 0.6) is 0 Å². The number of ether oxygens (including phenoxy) is 1. The summed E-state index contributed by atoms with van der Waals surface area (Å²) in [6, 6.07) is 1.03. The maximum absolute atomic E-state index is 12.9. The molecule has 0 aliphatic carbocycles. The van der Waals surface area contributed by atoms with Gasteiger partial charge in [0.15, 0.2) is 0 Å². The third-order valence-corrected chi connectivity index (χ3v) is 2.61. The highest BCUT2D eigenvalue weighted by Crippen LogP contribution is 2.16. The zero-order valence-corrected chi connectivity index (χ0v) is 10.6. The van der Waals surface area contributed by atoms with E-state index >= 15 is 0 Å². The van der Waals surface area contributed by atoms with Crippen molar-refractivity contribution < 1.29 is 13.9 Å². The van der Waals surface area contributed by atoms with Crippen molar-refractivity contribution in [2.45, 2.75) is 26.7 Å². The van der Waals surface area contributed by atoms with Gasteiger partial charge in [0.2, 0.25) is 0 Å². The normalized spacial score (nSPS) is 12.2. The minimum absolute atomic E-state index is 0.0321. The molecule has 0 N–H and O–H groups in total. The van der Waals surface area contributed by atoms with Crippen LogP contribution in [-0.4, -0.2) is 17.6 Å². The van der Waals surface area contributed by atoms with Crippen molar-refractivity contribution in [2.24, 2.45) is 5.92 Å². The molecule has 0 saturated heterocycles. The van der Waals surface area contributed by atoms with Crippen LogP contribution >= 0.6 is 11.6 Å². The van der Waals surface area contributed by atoms with Crippen LogP contribution in [0.4, 0.5) is 4.39 Å². The largest absolute Gasteiger partial charge is 0.462 e. The quantitative estimate of drug-likeness (QED) is 0.600. The van der Waals surface area contributed by atoms with Gasteiger partial charge in [-0.1, -0.05) is 31.9 Å². The summed E-state index contributed by atoms with van der Waals surface area (Å²) in [5.41, 5.74) is -0.0321. The molecule has 0 saturated carbocycles. The van der Waals surface area contributed by atoms with E-state index in [1.54, 1.807) is 0 Å². The van der Waals surface area contributed by atoms with Crippen LogP contribution in [0.3, 0.4) is 0 Å². The molecule has 0 aliphatic heterocycles. The summed E-state index contributed by atoms with van der Waals surface area (Å²) >= 11 is 5.69. The molecule has 3 nitrogen and oxygen atoms in total. The molecule has 0 bridgehead atoms. The molecule has 94 valence electrons. The molecule has 1 unspecified atom stereocenters. The number of carbonyl (C=O) groups is 1. The number of carbonyl (C=O) groups excluding carboxylic acids is 1. The highest BCUT2D eigenvalue weighted by atomic mass is 35.5. The van der Waals surface area contributed by atoms with E-state index in [2.05, 4.69) is 11.9 Å². The minimum atomic E-state index is -0.634. The summed E-state index contributed by atoms with van der Waals surface area (Å²) in [4.78, 5) is 15.2. The lowest BCUT2D eigenvalue weighted by Crippen LogP contribution is -2.13. The molecule has 1 aromatic heterocycles. The van der Waals surface area contributed by atoms with Crippen molar-refractivity contribution in [3.8, 4) is 0 Å². The lowest BCUT2D eigenvalue weighted by atomic mass is 10.1. The molecule has 1 rings (SSSR count). The number of aromatic nitrogens is 1. The van der Waals surface area contributed by atoms with Crippen molar-refractivity contribution in [1.82, 2.24) is 4.98 Å². The SMILES string of the molecule is CCCC(C)COC(=O)c1cc(F)cnc1Cl. The van der Waals surface area contributed by atoms with Gasteiger partial charge >= 0.3 is 5.97 Å². The number of halogens is 2. The Morgan fingerprint density at radius 1 is 1.65 bits per heavy atom. The fourth-order valence-electron chi connectivity index (χ4n) is 1.44. The van der Waals surface area contributed by atoms with E-state index in [0.717, 1.165) is 25.1 Å². The van der Waals surface area contributed by atoms with Gasteiger partial charge in [-0.05, 0) is 18.4 Å². The van der Waals surface area contributed by atoms with Crippen LogP contribution < -0.4 is 0 Å². The Morgan fingerprint density at radius 2 is 2.35 bits per heavy atom. The number of rotatable bonds is 5. The lowest BCUT2D eigenvalue weighted by Gasteiger charge is -2.11. The van der Waals surface area contributed by atoms with E-state index in [1.165, 1.54) is 0 Å². The monoisotopic (exact) mass is 259 g/mol. The molecule has 0 spiro atoms. The highest BCUT2D eigenvalue weighted by molar-refractivity contribution is 6.32. The molecule has 0 aromatic carbocycles. The Labute approximate surface area is 105 Å². The zero-order chi connectivity index (χ0) is 12.8. The second kappa shape index (κ2) is 6.55. The summed E-state index contributed by atoms with van der Waals surface area (Å²) in [7, 11) is 0. The molecule has 1 atom stereocenters. The van der Waals surface area contributed by atoms with E-state index in [-0.39, 0.29) is 16.6 Å². The number of nitrogens with zero attached hydrogens (tertiary/aromatic N) is 1. The molecule has 0 radical (unpaired) electrons. The Bertz CT molecular complexity index is 398. The smallest absolute Gasteiger partial charge is 0.341 e. The summed E-state index contributed by atoms with van der Waals surface area (Å²) < 4.78 is 17.9. The van der Waals surface area contributed by atoms with E-state index in [4.69, 9.17) is 16.3 Å². The van der Waals surface area contributed by atoms with Crippen LogP contribution in [0.25, 0.3) is 0 Å². The average Bonchev–Trinajstić information content (AvgIpc) is 2.29. The second-order valence-corrected chi connectivity index (χ2v) is 4.34. The van der Waals surface area contributed by atoms with Crippen LogP contribution in [0.2, 0.25) is 5.15 Å². The van der Waals surface area contributed by atoms with Gasteiger partial charge in [-0.25, -0.2) is 14.2 Å². The van der Waals surface area contributed by atoms with Gasteiger partial charge in [0.05, 0.1) is 18.4 Å². The fraction of sp³-hybridized carbons (Fsp3) is 0.500. The van der Waals surface area contributed by atoms with E-state index in [0.29, 0.717) is 6.61 Å². The van der Waals surface area contributed by atoms with Crippen molar-refractivity contribution >= 4 is 17.6 Å². The lowest BCUT2D eigenvalue weighted by molar-refractivity contribution is 0.0443. The first kappa shape index (κ1) is 13.9. The third kappa shape index (κ3) is 4.30. The van der Waals surface area contributed by atoms with Crippen LogP contribution in [0, 0.1) is 11.7 Å². The predicted octanol–water partition coefficient (Wildman–Crippen LogP) is 3.47. The fourth-order valence-corrected chi connectivity index (χ4v) is 1.62. The first-order valence-electron chi connectivity index (χ1n) is 5.52. The number of hydrogen-bond donors (Lipinski definition) is 0. The van der Waals surface area contributed by atoms with Crippen LogP contribution in [0.15, 0.2) is 12.3 Å². The number of hydrogen-bond acceptors (Lipinski definition) is 3.